The van der Waals surface area contributed by atoms with Crippen LogP contribution in [0.15, 0.2) is 117 Å². The first-order valence-electron chi connectivity index (χ1n) is 10.9. The van der Waals surface area contributed by atoms with Crippen molar-refractivity contribution in [1.82, 2.24) is 0 Å². The maximum Gasteiger partial charge on any atom is 2.00 e. The molecule has 0 fully saturated rings. The summed E-state index contributed by atoms with van der Waals surface area (Å²) in [7, 11) is -7.44. The molecule has 0 bridgehead atoms. The number of benzene rings is 4. The van der Waals surface area contributed by atoms with E-state index in [9.17, 15) is 17.5 Å². The molecule has 35 heavy (non-hydrogen) atoms. The van der Waals surface area contributed by atoms with Gasteiger partial charge in [0.1, 0.15) is 0 Å². The molecule has 0 heterocycles. The third-order valence-electron chi connectivity index (χ3n) is 5.73. The molecule has 0 aromatic heterocycles. The maximum atomic E-state index is 12.5. The predicted molar refractivity (Wildman–Crippen MR) is 138 cm³/mol. The second-order valence-electron chi connectivity index (χ2n) is 8.25. The van der Waals surface area contributed by atoms with E-state index < -0.39 is 20.4 Å². The molecule has 0 unspecified atom stereocenters. The Labute approximate surface area is 223 Å². The minimum atomic E-state index is -3.72. The smallest absolute Gasteiger partial charge is 0.764 e. The molecular weight excluding hydrogens is 530 g/mol. The van der Waals surface area contributed by atoms with Crippen molar-refractivity contribution in [1.29, 1.82) is 0 Å². The fraction of sp³-hybridized carbons (Fsp3) is 0.143. The van der Waals surface area contributed by atoms with Crippen LogP contribution in [0.25, 0.3) is 0 Å². The maximum absolute atomic E-state index is 12.5. The summed E-state index contributed by atoms with van der Waals surface area (Å²) < 4.78 is 50.0. The topological polar surface area (TPSA) is 80.3 Å². The summed E-state index contributed by atoms with van der Waals surface area (Å²) in [6.45, 7) is 7.27. The number of rotatable bonds is 4. The fourth-order valence-corrected chi connectivity index (χ4v) is 7.64. The van der Waals surface area contributed by atoms with E-state index in [0.29, 0.717) is 19.6 Å². The molecule has 0 radical (unpaired) electrons. The number of hydrogen-bond acceptors (Lipinski definition) is 4. The summed E-state index contributed by atoms with van der Waals surface area (Å²) in [4.78, 5) is 1.65. The van der Waals surface area contributed by atoms with Gasteiger partial charge in [0.25, 0.3) is 0 Å². The zero-order valence-corrected chi connectivity index (χ0v) is 25.2. The normalized spacial score (nSPS) is 12.1. The monoisotopic (exact) mass is 558 g/mol. The molecule has 0 saturated heterocycles. The van der Waals surface area contributed by atoms with Crippen LogP contribution in [-0.4, -0.2) is 17.5 Å². The average Bonchev–Trinajstić information content (AvgIpc) is 2.80. The van der Waals surface area contributed by atoms with Crippen LogP contribution in [0, 0.1) is 27.7 Å². The Balaban J connectivity index is 0.000000240. The number of thiol groups is 2. The van der Waals surface area contributed by atoms with Gasteiger partial charge in [-0.15, -0.1) is 0 Å². The fourth-order valence-electron chi connectivity index (χ4n) is 3.83. The van der Waals surface area contributed by atoms with Crippen molar-refractivity contribution in [2.75, 3.05) is 0 Å². The van der Waals surface area contributed by atoms with Gasteiger partial charge in [0, 0.05) is 19.6 Å². The number of sulfone groups is 2. The second kappa shape index (κ2) is 12.1. The van der Waals surface area contributed by atoms with E-state index in [1.54, 1.807) is 48.5 Å². The summed E-state index contributed by atoms with van der Waals surface area (Å²) in [6.07, 6.45) is 0. The summed E-state index contributed by atoms with van der Waals surface area (Å²) in [5.41, 5.74) is 3.14. The molecule has 0 aliphatic heterocycles. The number of aryl methyl sites for hydroxylation is 4. The van der Waals surface area contributed by atoms with Crippen molar-refractivity contribution in [3.05, 3.63) is 119 Å². The first kappa shape index (κ1) is 29.0. The van der Waals surface area contributed by atoms with Crippen LogP contribution in [-0.2, 0) is 39.9 Å². The van der Waals surface area contributed by atoms with E-state index in [-0.39, 0.29) is 19.5 Å². The Bertz CT molecular complexity index is 1200. The quantitative estimate of drug-likeness (QED) is 0.247. The molecule has 180 valence electrons. The van der Waals surface area contributed by atoms with Gasteiger partial charge in [0.2, 0.25) is 0 Å². The molecule has 4 aromatic rings. The first-order valence-corrected chi connectivity index (χ1v) is 14.2. The molecule has 0 amide bonds. The Hall–Kier alpha value is -2.28. The molecule has 0 N–H and O–H groups in total. The Morgan fingerprint density at radius 3 is 0.771 bits per heavy atom. The van der Waals surface area contributed by atoms with Gasteiger partial charge in [0.05, 0.1) is 0 Å². The van der Waals surface area contributed by atoms with Gasteiger partial charge >= 0.3 is 19.5 Å². The van der Waals surface area contributed by atoms with Gasteiger partial charge in [-0.25, -0.2) is 8.42 Å². The third kappa shape index (κ3) is 6.49. The van der Waals surface area contributed by atoms with Crippen LogP contribution in [0.3, 0.4) is 0 Å². The zero-order valence-electron chi connectivity index (χ0n) is 20.5. The largest absolute Gasteiger partial charge is 2.00 e. The molecule has 0 atom stereocenters. The third-order valence-corrected chi connectivity index (χ3v) is 10.3. The van der Waals surface area contributed by atoms with E-state index in [2.05, 4.69) is 0 Å². The van der Waals surface area contributed by atoms with Gasteiger partial charge in [-0.1, -0.05) is 72.8 Å². The standard InChI is InChI=1S/2C14H16O2S.Zn/c2*1-11-7-3-5-9-13(11)17(15,16)14-10-6-4-8-12(14)2;/h2*3-10,17H,1-2H3,(H,15,16);/q;;+2/p-2. The van der Waals surface area contributed by atoms with Crippen molar-refractivity contribution in [3.8, 4) is 0 Å². The van der Waals surface area contributed by atoms with E-state index in [1.165, 1.54) is 0 Å². The predicted octanol–water partition coefficient (Wildman–Crippen LogP) is 5.73. The van der Waals surface area contributed by atoms with Crippen LogP contribution < -0.4 is 0 Å². The van der Waals surface area contributed by atoms with Crippen LogP contribution >= 0.6 is 0 Å². The summed E-state index contributed by atoms with van der Waals surface area (Å²) in [6, 6.07) is 28.3. The van der Waals surface area contributed by atoms with Crippen molar-refractivity contribution in [2.45, 2.75) is 47.3 Å². The zero-order chi connectivity index (χ0) is 24.9. The van der Waals surface area contributed by atoms with Gasteiger partial charge < -0.3 is 9.11 Å². The molecular formula is C28H30O4S2Zn. The van der Waals surface area contributed by atoms with E-state index in [0.717, 1.165) is 22.3 Å². The Morgan fingerprint density at radius 1 is 0.429 bits per heavy atom. The SMILES string of the molecule is Cc1ccccc1[SH](=O)([O-])c1ccccc1C.Cc1ccccc1[SH](=O)([O-])c1ccccc1C.[Zn+2]. The Kier molecular flexibility index (Phi) is 10.0. The van der Waals surface area contributed by atoms with Gasteiger partial charge in [-0.3, -0.25) is 20.4 Å². The molecule has 0 saturated carbocycles. The molecule has 4 aromatic carbocycles. The summed E-state index contributed by atoms with van der Waals surface area (Å²) >= 11 is 0. The minimum absolute atomic E-state index is 0. The molecule has 4 nitrogen and oxygen atoms in total. The number of hydrogen-bond donors (Lipinski definition) is 2. The minimum Gasteiger partial charge on any atom is -0.764 e. The van der Waals surface area contributed by atoms with Gasteiger partial charge in [0.15, 0.2) is 0 Å². The molecule has 7 heteroatoms. The summed E-state index contributed by atoms with van der Waals surface area (Å²) in [5.74, 6) is 0. The summed E-state index contributed by atoms with van der Waals surface area (Å²) in [5, 5.41) is 0. The van der Waals surface area contributed by atoms with E-state index in [1.807, 2.05) is 76.2 Å². The van der Waals surface area contributed by atoms with Gasteiger partial charge in [-0.2, -0.15) is 0 Å². The van der Waals surface area contributed by atoms with Crippen molar-refractivity contribution >= 4 is 20.4 Å². The van der Waals surface area contributed by atoms with Crippen LogP contribution in [0.2, 0.25) is 0 Å². The average molecular weight is 560 g/mol. The van der Waals surface area contributed by atoms with Crippen LogP contribution in [0.4, 0.5) is 0 Å². The molecule has 0 spiro atoms. The van der Waals surface area contributed by atoms with Gasteiger partial charge in [-0.05, 0) is 74.2 Å². The first-order chi connectivity index (χ1) is 16.1. The molecule has 0 aliphatic carbocycles. The van der Waals surface area contributed by atoms with Crippen LogP contribution in [0.5, 0.6) is 0 Å². The second-order valence-corrected chi connectivity index (χ2v) is 12.4. The Morgan fingerprint density at radius 2 is 0.600 bits per heavy atom. The van der Waals surface area contributed by atoms with Crippen LogP contribution in [0.1, 0.15) is 22.3 Å². The van der Waals surface area contributed by atoms with Crippen molar-refractivity contribution in [3.63, 3.8) is 0 Å². The molecule has 4 rings (SSSR count). The van der Waals surface area contributed by atoms with Crippen molar-refractivity contribution in [2.24, 2.45) is 0 Å². The van der Waals surface area contributed by atoms with Crippen molar-refractivity contribution < 1.29 is 37.0 Å². The molecule has 0 aliphatic rings. The van der Waals surface area contributed by atoms with E-state index >= 15 is 0 Å². The van der Waals surface area contributed by atoms with E-state index in [4.69, 9.17) is 0 Å².